The van der Waals surface area contributed by atoms with Crippen molar-refractivity contribution in [2.75, 3.05) is 17.7 Å². The number of nitrogens with zero attached hydrogens (tertiary/aromatic N) is 1. The molecular formula is C12H18N4OS. The quantitative estimate of drug-likeness (QED) is 0.567. The van der Waals surface area contributed by atoms with Crippen LogP contribution in [0.25, 0.3) is 0 Å². The summed E-state index contributed by atoms with van der Waals surface area (Å²) in [5.41, 5.74) is 3.01. The number of hydrogen-bond donors (Lipinski definition) is 3. The third kappa shape index (κ3) is 3.61. The minimum absolute atomic E-state index is 0.0694. The van der Waals surface area contributed by atoms with Gasteiger partial charge in [-0.25, -0.2) is 10.8 Å². The number of aromatic nitrogens is 1. The summed E-state index contributed by atoms with van der Waals surface area (Å²) in [5, 5.41) is 3.52. The summed E-state index contributed by atoms with van der Waals surface area (Å²) in [6, 6.07) is 3.33. The minimum Gasteiger partial charge on any atom is -0.351 e. The van der Waals surface area contributed by atoms with Crippen LogP contribution in [0.1, 0.15) is 29.6 Å². The number of hydrogen-bond acceptors (Lipinski definition) is 5. The smallest absolute Gasteiger partial charge is 0.251 e. The zero-order chi connectivity index (χ0) is 12.8. The first kappa shape index (κ1) is 13.2. The number of thioether (sulfide) groups is 1. The molecule has 1 aliphatic heterocycles. The van der Waals surface area contributed by atoms with Gasteiger partial charge < -0.3 is 10.7 Å². The fourth-order valence-electron chi connectivity index (χ4n) is 1.93. The predicted molar refractivity (Wildman–Crippen MR) is 74.5 cm³/mol. The molecule has 0 saturated carbocycles. The van der Waals surface area contributed by atoms with E-state index < -0.39 is 0 Å². The second-order valence-corrected chi connectivity index (χ2v) is 5.68. The fourth-order valence-corrected chi connectivity index (χ4v) is 3.17. The number of nitrogens with one attached hydrogen (secondary N) is 2. The number of amides is 1. The van der Waals surface area contributed by atoms with Gasteiger partial charge in [-0.15, -0.1) is 0 Å². The maximum absolute atomic E-state index is 11.9. The van der Waals surface area contributed by atoms with Crippen LogP contribution in [-0.2, 0) is 0 Å². The summed E-state index contributed by atoms with van der Waals surface area (Å²) < 4.78 is 0. The van der Waals surface area contributed by atoms with Crippen LogP contribution in [0.5, 0.6) is 0 Å². The SMILES string of the molecule is NNc1cc(C(=O)NCC2CCCCS2)ccn1. The summed E-state index contributed by atoms with van der Waals surface area (Å²) in [4.78, 5) is 15.9. The van der Waals surface area contributed by atoms with Crippen molar-refractivity contribution in [3.8, 4) is 0 Å². The Morgan fingerprint density at radius 2 is 2.44 bits per heavy atom. The van der Waals surface area contributed by atoms with Crippen LogP contribution in [0.3, 0.4) is 0 Å². The van der Waals surface area contributed by atoms with Crippen LogP contribution in [0.4, 0.5) is 5.82 Å². The molecule has 0 aliphatic carbocycles. The Balaban J connectivity index is 1.86. The molecule has 1 aromatic rings. The summed E-state index contributed by atoms with van der Waals surface area (Å²) in [7, 11) is 0. The number of pyridine rings is 1. The highest BCUT2D eigenvalue weighted by Gasteiger charge is 2.15. The number of carbonyl (C=O) groups excluding carboxylic acids is 1. The third-order valence-electron chi connectivity index (χ3n) is 2.93. The zero-order valence-corrected chi connectivity index (χ0v) is 11.0. The molecule has 1 saturated heterocycles. The Labute approximate surface area is 111 Å². The Morgan fingerprint density at radius 3 is 3.17 bits per heavy atom. The summed E-state index contributed by atoms with van der Waals surface area (Å²) in [6.45, 7) is 0.733. The van der Waals surface area contributed by atoms with Crippen molar-refractivity contribution >= 4 is 23.5 Å². The van der Waals surface area contributed by atoms with Crippen LogP contribution in [-0.4, -0.2) is 28.4 Å². The molecule has 1 unspecified atom stereocenters. The molecule has 0 radical (unpaired) electrons. The Kier molecular flexibility index (Phi) is 4.83. The Hall–Kier alpha value is -1.27. The van der Waals surface area contributed by atoms with Gasteiger partial charge in [0.2, 0.25) is 0 Å². The maximum Gasteiger partial charge on any atom is 0.251 e. The van der Waals surface area contributed by atoms with Gasteiger partial charge >= 0.3 is 0 Å². The molecule has 18 heavy (non-hydrogen) atoms. The second-order valence-electron chi connectivity index (χ2n) is 4.27. The molecule has 0 spiro atoms. The lowest BCUT2D eigenvalue weighted by molar-refractivity contribution is 0.0953. The van der Waals surface area contributed by atoms with Crippen molar-refractivity contribution in [1.82, 2.24) is 10.3 Å². The second kappa shape index (κ2) is 6.61. The molecule has 1 aromatic heterocycles. The van der Waals surface area contributed by atoms with E-state index in [1.807, 2.05) is 11.8 Å². The molecule has 6 heteroatoms. The topological polar surface area (TPSA) is 80.0 Å². The van der Waals surface area contributed by atoms with Gasteiger partial charge in [0.05, 0.1) is 0 Å². The number of anilines is 1. The van der Waals surface area contributed by atoms with Crippen molar-refractivity contribution in [1.29, 1.82) is 0 Å². The molecule has 0 bridgehead atoms. The third-order valence-corrected chi connectivity index (χ3v) is 4.33. The first-order valence-electron chi connectivity index (χ1n) is 6.12. The molecule has 0 aromatic carbocycles. The summed E-state index contributed by atoms with van der Waals surface area (Å²) in [5.74, 6) is 6.89. The van der Waals surface area contributed by atoms with Crippen molar-refractivity contribution in [3.05, 3.63) is 23.9 Å². The van der Waals surface area contributed by atoms with E-state index in [0.717, 1.165) is 6.54 Å². The van der Waals surface area contributed by atoms with Gasteiger partial charge in [0.25, 0.3) is 5.91 Å². The predicted octanol–water partition coefficient (Wildman–Crippen LogP) is 1.38. The van der Waals surface area contributed by atoms with Gasteiger partial charge in [0.15, 0.2) is 0 Å². The van der Waals surface area contributed by atoms with Gasteiger partial charge in [-0.05, 0) is 30.7 Å². The summed E-state index contributed by atoms with van der Waals surface area (Å²) in [6.07, 6.45) is 5.32. The molecule has 2 rings (SSSR count). The standard InChI is InChI=1S/C12H18N4OS/c13-16-11-7-9(4-5-14-11)12(17)15-8-10-3-1-2-6-18-10/h4-5,7,10H,1-3,6,8,13H2,(H,14,16)(H,15,17). The minimum atomic E-state index is -0.0694. The van der Waals surface area contributed by atoms with Crippen LogP contribution in [0.15, 0.2) is 18.3 Å². The molecule has 98 valence electrons. The first-order chi connectivity index (χ1) is 8.79. The van der Waals surface area contributed by atoms with Crippen molar-refractivity contribution in [2.24, 2.45) is 5.84 Å². The number of rotatable bonds is 4. The lowest BCUT2D eigenvalue weighted by atomic mass is 10.2. The molecule has 5 nitrogen and oxygen atoms in total. The first-order valence-corrected chi connectivity index (χ1v) is 7.17. The van der Waals surface area contributed by atoms with Crippen molar-refractivity contribution in [2.45, 2.75) is 24.5 Å². The van der Waals surface area contributed by atoms with Crippen LogP contribution in [0, 0.1) is 0 Å². The van der Waals surface area contributed by atoms with Gasteiger partial charge in [0.1, 0.15) is 5.82 Å². The number of carbonyl (C=O) groups is 1. The van der Waals surface area contributed by atoms with E-state index in [4.69, 9.17) is 5.84 Å². The van der Waals surface area contributed by atoms with Gasteiger partial charge in [0, 0.05) is 23.6 Å². The normalized spacial score (nSPS) is 19.3. The highest BCUT2D eigenvalue weighted by molar-refractivity contribution is 7.99. The zero-order valence-electron chi connectivity index (χ0n) is 10.2. The lowest BCUT2D eigenvalue weighted by Crippen LogP contribution is -2.32. The van der Waals surface area contributed by atoms with E-state index in [-0.39, 0.29) is 5.91 Å². The maximum atomic E-state index is 11.9. The fraction of sp³-hybridized carbons (Fsp3) is 0.500. The largest absolute Gasteiger partial charge is 0.351 e. The van der Waals surface area contributed by atoms with Gasteiger partial charge in [-0.3, -0.25) is 4.79 Å². The average Bonchev–Trinajstić information content (AvgIpc) is 2.46. The molecule has 1 aliphatic rings. The van der Waals surface area contributed by atoms with E-state index in [1.54, 1.807) is 18.3 Å². The molecule has 1 amide bonds. The number of nitrogens with two attached hydrogens (primary N) is 1. The van der Waals surface area contributed by atoms with E-state index in [2.05, 4.69) is 15.7 Å². The Morgan fingerprint density at radius 1 is 1.56 bits per heavy atom. The average molecular weight is 266 g/mol. The number of hydrazine groups is 1. The lowest BCUT2D eigenvalue weighted by Gasteiger charge is -2.21. The van der Waals surface area contributed by atoms with Gasteiger partial charge in [-0.1, -0.05) is 6.42 Å². The monoisotopic (exact) mass is 266 g/mol. The summed E-state index contributed by atoms with van der Waals surface area (Å²) >= 11 is 1.95. The number of nitrogen functional groups attached to an aromatic ring is 1. The van der Waals surface area contributed by atoms with Crippen LogP contribution < -0.4 is 16.6 Å². The molecular weight excluding hydrogens is 248 g/mol. The van der Waals surface area contributed by atoms with Crippen molar-refractivity contribution < 1.29 is 4.79 Å². The van der Waals surface area contributed by atoms with Crippen molar-refractivity contribution in [3.63, 3.8) is 0 Å². The van der Waals surface area contributed by atoms with Crippen LogP contribution >= 0.6 is 11.8 Å². The molecule has 1 atom stereocenters. The van der Waals surface area contributed by atoms with E-state index in [0.29, 0.717) is 16.6 Å². The highest BCUT2D eigenvalue weighted by atomic mass is 32.2. The highest BCUT2D eigenvalue weighted by Crippen LogP contribution is 2.24. The molecule has 1 fully saturated rings. The molecule has 4 N–H and O–H groups in total. The molecule has 2 heterocycles. The Bertz CT molecular complexity index is 407. The van der Waals surface area contributed by atoms with E-state index in [9.17, 15) is 4.79 Å². The van der Waals surface area contributed by atoms with Crippen LogP contribution in [0.2, 0.25) is 0 Å². The van der Waals surface area contributed by atoms with E-state index >= 15 is 0 Å². The van der Waals surface area contributed by atoms with E-state index in [1.165, 1.54) is 25.0 Å². The van der Waals surface area contributed by atoms with Gasteiger partial charge in [-0.2, -0.15) is 11.8 Å².